The standard InChI is InChI=1S/C20H23N5O5S2/c1-2-25-19(21-11-22-25)32-10-20(18(29)30)8-24-16(28)13(17(24)31-9-20)23-15(27)14(26)12-6-4-3-5-7-12/h3-7,11,13-14,17,26H,2,8-10H2,1H3,(H,23,27)(H,29,30)/t13?,14?,17-,20?/m1/s1. The van der Waals surface area contributed by atoms with Gasteiger partial charge < -0.3 is 20.4 Å². The van der Waals surface area contributed by atoms with Gasteiger partial charge in [-0.3, -0.25) is 14.4 Å². The smallest absolute Gasteiger partial charge is 0.313 e. The number of aliphatic carboxylic acids is 1. The van der Waals surface area contributed by atoms with E-state index >= 15 is 0 Å². The first-order valence-electron chi connectivity index (χ1n) is 10.1. The lowest BCUT2D eigenvalue weighted by molar-refractivity contribution is -0.158. The van der Waals surface area contributed by atoms with Gasteiger partial charge >= 0.3 is 5.97 Å². The number of aromatic nitrogens is 3. The van der Waals surface area contributed by atoms with Crippen molar-refractivity contribution in [1.82, 2.24) is 25.0 Å². The predicted octanol–water partition coefficient (Wildman–Crippen LogP) is 0.595. The number of carbonyl (C=O) groups is 3. The molecule has 0 saturated carbocycles. The summed E-state index contributed by atoms with van der Waals surface area (Å²) >= 11 is 2.64. The fourth-order valence-electron chi connectivity index (χ4n) is 3.71. The first kappa shape index (κ1) is 22.6. The molecule has 4 rings (SSSR count). The molecule has 0 spiro atoms. The van der Waals surface area contributed by atoms with Crippen molar-refractivity contribution in [2.75, 3.05) is 18.1 Å². The number of fused-ring (bicyclic) bond motifs is 1. The lowest BCUT2D eigenvalue weighted by Crippen LogP contribution is -2.74. The van der Waals surface area contributed by atoms with E-state index in [0.29, 0.717) is 17.3 Å². The molecule has 32 heavy (non-hydrogen) atoms. The number of hydrogen-bond acceptors (Lipinski definition) is 8. The number of thioether (sulfide) groups is 2. The minimum absolute atomic E-state index is 0.0553. The van der Waals surface area contributed by atoms with Gasteiger partial charge in [0.1, 0.15) is 23.2 Å². The van der Waals surface area contributed by atoms with Gasteiger partial charge in [-0.25, -0.2) is 9.67 Å². The van der Waals surface area contributed by atoms with Gasteiger partial charge in [0, 0.05) is 24.6 Å². The van der Waals surface area contributed by atoms with Crippen molar-refractivity contribution in [3.63, 3.8) is 0 Å². The Kier molecular flexibility index (Phi) is 6.45. The lowest BCUT2D eigenvalue weighted by atomic mass is 9.89. The molecule has 4 atom stereocenters. The summed E-state index contributed by atoms with van der Waals surface area (Å²) in [6.07, 6.45) is 0.0539. The van der Waals surface area contributed by atoms with Crippen LogP contribution in [0.5, 0.6) is 0 Å². The van der Waals surface area contributed by atoms with Gasteiger partial charge in [-0.05, 0) is 12.5 Å². The van der Waals surface area contributed by atoms with Gasteiger partial charge in [0.05, 0.1) is 0 Å². The summed E-state index contributed by atoms with van der Waals surface area (Å²) in [4.78, 5) is 43.0. The average molecular weight is 478 g/mol. The number of benzene rings is 1. The van der Waals surface area contributed by atoms with E-state index < -0.39 is 29.4 Å². The number of hydrogen-bond donors (Lipinski definition) is 3. The highest BCUT2D eigenvalue weighted by Gasteiger charge is 2.57. The van der Waals surface area contributed by atoms with Crippen LogP contribution in [0.1, 0.15) is 18.6 Å². The fourth-order valence-corrected chi connectivity index (χ4v) is 6.55. The van der Waals surface area contributed by atoms with Crippen LogP contribution in [-0.4, -0.2) is 77.1 Å². The average Bonchev–Trinajstić information content (AvgIpc) is 3.28. The quantitative estimate of drug-likeness (QED) is 0.368. The molecule has 2 aromatic rings. The van der Waals surface area contributed by atoms with Gasteiger partial charge in [-0.15, -0.1) is 11.8 Å². The molecule has 170 valence electrons. The summed E-state index contributed by atoms with van der Waals surface area (Å²) < 4.78 is 1.69. The van der Waals surface area contributed by atoms with E-state index in [1.807, 2.05) is 6.92 Å². The van der Waals surface area contributed by atoms with E-state index in [2.05, 4.69) is 15.4 Å². The van der Waals surface area contributed by atoms with Crippen LogP contribution in [-0.2, 0) is 20.9 Å². The molecule has 3 N–H and O–H groups in total. The van der Waals surface area contributed by atoms with Crippen LogP contribution in [0.15, 0.2) is 41.8 Å². The zero-order chi connectivity index (χ0) is 22.9. The number of amides is 2. The Morgan fingerprint density at radius 2 is 2.12 bits per heavy atom. The fraction of sp³-hybridized carbons (Fsp3) is 0.450. The van der Waals surface area contributed by atoms with E-state index in [4.69, 9.17) is 0 Å². The van der Waals surface area contributed by atoms with Gasteiger partial charge in [0.25, 0.3) is 5.91 Å². The molecule has 10 nitrogen and oxygen atoms in total. The second-order valence-electron chi connectivity index (χ2n) is 7.70. The van der Waals surface area contributed by atoms with Gasteiger partial charge in [-0.1, -0.05) is 42.1 Å². The Morgan fingerprint density at radius 3 is 2.81 bits per heavy atom. The number of carbonyl (C=O) groups excluding carboxylic acids is 2. The van der Waals surface area contributed by atoms with Crippen LogP contribution in [0.25, 0.3) is 0 Å². The van der Waals surface area contributed by atoms with Crippen LogP contribution in [0.4, 0.5) is 0 Å². The van der Waals surface area contributed by atoms with Gasteiger partial charge in [0.2, 0.25) is 5.91 Å². The normalized spacial score (nSPS) is 25.6. The third kappa shape index (κ3) is 4.09. The maximum Gasteiger partial charge on any atom is 0.313 e. The second kappa shape index (κ2) is 9.12. The Labute approximate surface area is 192 Å². The van der Waals surface area contributed by atoms with Crippen LogP contribution in [0.2, 0.25) is 0 Å². The third-order valence-corrected chi connectivity index (χ3v) is 8.48. The maximum absolute atomic E-state index is 12.7. The zero-order valence-electron chi connectivity index (χ0n) is 17.2. The second-order valence-corrected chi connectivity index (χ2v) is 9.75. The number of rotatable bonds is 8. The number of aryl methyl sites for hydroxylation is 1. The highest BCUT2D eigenvalue weighted by Crippen LogP contribution is 2.44. The molecular formula is C20H23N5O5S2. The molecule has 2 saturated heterocycles. The molecule has 0 bridgehead atoms. The zero-order valence-corrected chi connectivity index (χ0v) is 18.9. The molecule has 1 aromatic heterocycles. The number of nitrogens with zero attached hydrogens (tertiary/aromatic N) is 4. The van der Waals surface area contributed by atoms with E-state index in [1.165, 1.54) is 34.8 Å². The number of aliphatic hydroxyl groups is 1. The Hall–Kier alpha value is -2.57. The van der Waals surface area contributed by atoms with Crippen LogP contribution < -0.4 is 5.32 Å². The van der Waals surface area contributed by atoms with Crippen molar-refractivity contribution in [1.29, 1.82) is 0 Å². The predicted molar refractivity (Wildman–Crippen MR) is 118 cm³/mol. The molecule has 12 heteroatoms. The first-order chi connectivity index (χ1) is 15.4. The molecule has 3 heterocycles. The number of carboxylic acids is 1. The maximum atomic E-state index is 12.7. The number of nitrogens with one attached hydrogen (secondary N) is 1. The first-order valence-corrected chi connectivity index (χ1v) is 12.1. The van der Waals surface area contributed by atoms with E-state index in [0.717, 1.165) is 0 Å². The number of carboxylic acid groups (broad SMARTS) is 1. The van der Waals surface area contributed by atoms with E-state index in [1.54, 1.807) is 35.0 Å². The van der Waals surface area contributed by atoms with Crippen molar-refractivity contribution in [2.24, 2.45) is 5.41 Å². The summed E-state index contributed by atoms with van der Waals surface area (Å²) in [5.74, 6) is -1.44. The minimum Gasteiger partial charge on any atom is -0.481 e. The summed E-state index contributed by atoms with van der Waals surface area (Å²) in [5, 5.41) is 27.2. The van der Waals surface area contributed by atoms with Crippen LogP contribution in [0.3, 0.4) is 0 Å². The Morgan fingerprint density at radius 1 is 1.38 bits per heavy atom. The Bertz CT molecular complexity index is 1020. The molecule has 1 aromatic carbocycles. The summed E-state index contributed by atoms with van der Waals surface area (Å²) in [6, 6.07) is 7.68. The van der Waals surface area contributed by atoms with Crippen LogP contribution >= 0.6 is 23.5 Å². The highest BCUT2D eigenvalue weighted by atomic mass is 32.2. The molecule has 2 aliphatic heterocycles. The van der Waals surface area contributed by atoms with Crippen molar-refractivity contribution >= 4 is 41.3 Å². The van der Waals surface area contributed by atoms with Gasteiger partial charge in [0.15, 0.2) is 11.3 Å². The van der Waals surface area contributed by atoms with E-state index in [9.17, 15) is 24.6 Å². The molecule has 2 fully saturated rings. The highest BCUT2D eigenvalue weighted by molar-refractivity contribution is 8.00. The summed E-state index contributed by atoms with van der Waals surface area (Å²) in [5.41, 5.74) is -0.698. The minimum atomic E-state index is -1.38. The summed E-state index contributed by atoms with van der Waals surface area (Å²) in [7, 11) is 0. The van der Waals surface area contributed by atoms with Crippen molar-refractivity contribution in [2.45, 2.75) is 36.1 Å². The molecule has 0 radical (unpaired) electrons. The lowest BCUT2D eigenvalue weighted by Gasteiger charge is -2.53. The SMILES string of the molecule is CCn1ncnc1SCC1(C(=O)O)CS[C@@H]2C(NC(=O)C(O)c3ccccc3)C(=O)N2C1. The Balaban J connectivity index is 1.39. The number of aliphatic hydroxyl groups excluding tert-OH is 1. The molecule has 2 amide bonds. The van der Waals surface area contributed by atoms with Crippen molar-refractivity contribution in [3.05, 3.63) is 42.2 Å². The van der Waals surface area contributed by atoms with Gasteiger partial charge in [-0.2, -0.15) is 5.10 Å². The monoisotopic (exact) mass is 477 g/mol. The third-order valence-electron chi connectivity index (χ3n) is 5.62. The molecular weight excluding hydrogens is 454 g/mol. The molecule has 0 aliphatic carbocycles. The van der Waals surface area contributed by atoms with Crippen LogP contribution in [0, 0.1) is 5.41 Å². The number of β-lactam (4-membered cyclic amide) rings is 1. The van der Waals surface area contributed by atoms with Crippen molar-refractivity contribution < 1.29 is 24.6 Å². The molecule has 2 aliphatic rings. The van der Waals surface area contributed by atoms with Crippen molar-refractivity contribution in [3.8, 4) is 0 Å². The summed E-state index contributed by atoms with van der Waals surface area (Å²) in [6.45, 7) is 2.61. The molecule has 3 unspecified atom stereocenters. The largest absolute Gasteiger partial charge is 0.481 e. The van der Waals surface area contributed by atoms with E-state index in [-0.39, 0.29) is 29.3 Å². The topological polar surface area (TPSA) is 138 Å².